The van der Waals surface area contributed by atoms with Crippen molar-refractivity contribution in [3.05, 3.63) is 29.8 Å². The minimum atomic E-state index is 0.192. The normalized spacial score (nSPS) is 26.7. The number of benzene rings is 1. The van der Waals surface area contributed by atoms with Crippen LogP contribution in [0.3, 0.4) is 0 Å². The minimum Gasteiger partial charge on any atom is -0.508 e. The third kappa shape index (κ3) is 2.31. The monoisotopic (exact) mass is 232 g/mol. The Hall–Kier alpha value is -1.06. The zero-order chi connectivity index (χ0) is 11.7. The van der Waals surface area contributed by atoms with Crippen molar-refractivity contribution in [2.75, 3.05) is 13.1 Å². The average molecular weight is 232 g/mol. The molecule has 0 radical (unpaired) electrons. The maximum atomic E-state index is 9.33. The molecule has 1 heterocycles. The Kier molecular flexibility index (Phi) is 2.81. The van der Waals surface area contributed by atoms with E-state index in [9.17, 15) is 5.11 Å². The van der Waals surface area contributed by atoms with Gasteiger partial charge in [-0.2, -0.15) is 0 Å². The summed E-state index contributed by atoms with van der Waals surface area (Å²) < 4.78 is 0. The lowest BCUT2D eigenvalue weighted by atomic mass is 10.0. The lowest BCUT2D eigenvalue weighted by molar-refractivity contribution is 0.342. The van der Waals surface area contributed by atoms with E-state index in [-0.39, 0.29) is 5.54 Å². The Labute approximate surface area is 102 Å². The first-order valence-electron chi connectivity index (χ1n) is 6.56. The van der Waals surface area contributed by atoms with Gasteiger partial charge >= 0.3 is 0 Å². The van der Waals surface area contributed by atoms with Crippen molar-refractivity contribution in [2.24, 2.45) is 0 Å². The second kappa shape index (κ2) is 4.31. The first-order chi connectivity index (χ1) is 8.28. The molecule has 1 aliphatic carbocycles. The molecular formula is C14H20N2O. The molecule has 1 aliphatic heterocycles. The van der Waals surface area contributed by atoms with E-state index in [1.54, 1.807) is 12.1 Å². The van der Waals surface area contributed by atoms with Gasteiger partial charge in [0.25, 0.3) is 0 Å². The molecule has 1 atom stereocenters. The van der Waals surface area contributed by atoms with Crippen LogP contribution in [0.5, 0.6) is 5.75 Å². The molecule has 0 spiro atoms. The van der Waals surface area contributed by atoms with Crippen LogP contribution in [-0.2, 0) is 5.54 Å². The summed E-state index contributed by atoms with van der Waals surface area (Å²) in [7, 11) is 0. The van der Waals surface area contributed by atoms with Crippen molar-refractivity contribution >= 4 is 0 Å². The number of piperidine rings is 1. The van der Waals surface area contributed by atoms with Crippen LogP contribution >= 0.6 is 0 Å². The highest BCUT2D eigenvalue weighted by Crippen LogP contribution is 2.46. The molecule has 2 aliphatic rings. The molecule has 92 valence electrons. The number of hydrogen-bond acceptors (Lipinski definition) is 3. The van der Waals surface area contributed by atoms with Gasteiger partial charge in [-0.05, 0) is 49.9 Å². The first-order valence-corrected chi connectivity index (χ1v) is 6.56. The molecule has 1 saturated heterocycles. The van der Waals surface area contributed by atoms with E-state index in [4.69, 9.17) is 0 Å². The van der Waals surface area contributed by atoms with E-state index in [1.165, 1.54) is 31.2 Å². The molecule has 3 N–H and O–H groups in total. The van der Waals surface area contributed by atoms with Gasteiger partial charge in [-0.25, -0.2) is 0 Å². The summed E-state index contributed by atoms with van der Waals surface area (Å²) in [5, 5.41) is 16.6. The summed E-state index contributed by atoms with van der Waals surface area (Å²) in [6.07, 6.45) is 4.97. The van der Waals surface area contributed by atoms with Crippen LogP contribution in [-0.4, -0.2) is 24.2 Å². The lowest BCUT2D eigenvalue weighted by Gasteiger charge is -2.29. The van der Waals surface area contributed by atoms with E-state index in [0.717, 1.165) is 13.1 Å². The molecule has 3 heteroatoms. The number of phenolic OH excluding ortho intramolecular Hbond substituents is 1. The fourth-order valence-electron chi connectivity index (χ4n) is 2.79. The Morgan fingerprint density at radius 2 is 2.00 bits per heavy atom. The first kappa shape index (κ1) is 11.1. The number of nitrogens with one attached hydrogen (secondary N) is 2. The zero-order valence-corrected chi connectivity index (χ0v) is 10.1. The molecule has 17 heavy (non-hydrogen) atoms. The van der Waals surface area contributed by atoms with E-state index < -0.39 is 0 Å². The summed E-state index contributed by atoms with van der Waals surface area (Å²) in [6.45, 7) is 2.24. The van der Waals surface area contributed by atoms with Crippen LogP contribution in [0.25, 0.3) is 0 Å². The van der Waals surface area contributed by atoms with Crippen molar-refractivity contribution in [3.63, 3.8) is 0 Å². The molecule has 2 fully saturated rings. The maximum absolute atomic E-state index is 9.33. The van der Waals surface area contributed by atoms with Gasteiger partial charge in [-0.1, -0.05) is 12.1 Å². The van der Waals surface area contributed by atoms with Crippen molar-refractivity contribution in [1.82, 2.24) is 10.6 Å². The second-order valence-corrected chi connectivity index (χ2v) is 5.32. The summed E-state index contributed by atoms with van der Waals surface area (Å²) >= 11 is 0. The number of hydrogen-bond donors (Lipinski definition) is 3. The Bertz CT molecular complexity index is 378. The van der Waals surface area contributed by atoms with Crippen LogP contribution in [0.15, 0.2) is 24.3 Å². The van der Waals surface area contributed by atoms with Crippen LogP contribution in [0, 0.1) is 0 Å². The van der Waals surface area contributed by atoms with Crippen molar-refractivity contribution in [2.45, 2.75) is 37.3 Å². The number of phenols is 1. The smallest absolute Gasteiger partial charge is 0.115 e. The molecule has 1 aromatic carbocycles. The van der Waals surface area contributed by atoms with Crippen molar-refractivity contribution < 1.29 is 5.11 Å². The fourth-order valence-corrected chi connectivity index (χ4v) is 2.79. The van der Waals surface area contributed by atoms with Gasteiger partial charge in [0.05, 0.1) is 0 Å². The van der Waals surface area contributed by atoms with Gasteiger partial charge < -0.3 is 15.7 Å². The van der Waals surface area contributed by atoms with E-state index in [2.05, 4.69) is 10.6 Å². The lowest BCUT2D eigenvalue weighted by Crippen LogP contribution is -2.47. The minimum absolute atomic E-state index is 0.192. The Morgan fingerprint density at radius 3 is 2.59 bits per heavy atom. The molecule has 3 rings (SSSR count). The Morgan fingerprint density at radius 1 is 1.24 bits per heavy atom. The molecule has 0 aromatic heterocycles. The standard InChI is InChI=1S/C14H20N2O/c17-13-5-3-11(4-6-13)14(7-8-14)16-12-2-1-9-15-10-12/h3-6,12,15-17H,1-2,7-10H2. The SMILES string of the molecule is Oc1ccc(C2(NC3CCCNC3)CC2)cc1. The van der Waals surface area contributed by atoms with E-state index in [1.807, 2.05) is 12.1 Å². The largest absolute Gasteiger partial charge is 0.508 e. The summed E-state index contributed by atoms with van der Waals surface area (Å²) in [5.74, 6) is 0.351. The molecule has 1 unspecified atom stereocenters. The van der Waals surface area contributed by atoms with Gasteiger partial charge in [0, 0.05) is 18.1 Å². The predicted molar refractivity (Wildman–Crippen MR) is 68.0 cm³/mol. The third-order valence-electron chi connectivity index (χ3n) is 3.95. The molecule has 0 bridgehead atoms. The van der Waals surface area contributed by atoms with Gasteiger partial charge in [0.15, 0.2) is 0 Å². The quantitative estimate of drug-likeness (QED) is 0.743. The van der Waals surface area contributed by atoms with Crippen molar-refractivity contribution in [1.29, 1.82) is 0 Å². The van der Waals surface area contributed by atoms with E-state index >= 15 is 0 Å². The summed E-state index contributed by atoms with van der Waals surface area (Å²) in [6, 6.07) is 8.27. The molecule has 3 nitrogen and oxygen atoms in total. The van der Waals surface area contributed by atoms with Crippen LogP contribution in [0.4, 0.5) is 0 Å². The molecule has 1 aromatic rings. The molecular weight excluding hydrogens is 212 g/mol. The van der Waals surface area contributed by atoms with Gasteiger partial charge in [0.2, 0.25) is 0 Å². The van der Waals surface area contributed by atoms with Gasteiger partial charge in [-0.3, -0.25) is 0 Å². The van der Waals surface area contributed by atoms with Crippen molar-refractivity contribution in [3.8, 4) is 5.75 Å². The van der Waals surface area contributed by atoms with Crippen LogP contribution in [0.1, 0.15) is 31.2 Å². The molecule has 0 amide bonds. The zero-order valence-electron chi connectivity index (χ0n) is 10.1. The highest BCUT2D eigenvalue weighted by atomic mass is 16.3. The average Bonchev–Trinajstić information content (AvgIpc) is 3.12. The van der Waals surface area contributed by atoms with Crippen LogP contribution in [0.2, 0.25) is 0 Å². The maximum Gasteiger partial charge on any atom is 0.115 e. The third-order valence-corrected chi connectivity index (χ3v) is 3.95. The topological polar surface area (TPSA) is 44.3 Å². The highest BCUT2D eigenvalue weighted by molar-refractivity contribution is 5.34. The second-order valence-electron chi connectivity index (χ2n) is 5.32. The van der Waals surface area contributed by atoms with Gasteiger partial charge in [-0.15, -0.1) is 0 Å². The number of aromatic hydroxyl groups is 1. The fraction of sp³-hybridized carbons (Fsp3) is 0.571. The van der Waals surface area contributed by atoms with Crippen LogP contribution < -0.4 is 10.6 Å². The van der Waals surface area contributed by atoms with E-state index in [0.29, 0.717) is 11.8 Å². The Balaban J connectivity index is 1.70. The number of rotatable bonds is 3. The molecule has 1 saturated carbocycles. The highest BCUT2D eigenvalue weighted by Gasteiger charge is 2.45. The summed E-state index contributed by atoms with van der Waals surface area (Å²) in [4.78, 5) is 0. The predicted octanol–water partition coefficient (Wildman–Crippen LogP) is 1.72. The van der Waals surface area contributed by atoms with Gasteiger partial charge in [0.1, 0.15) is 5.75 Å². The summed E-state index contributed by atoms with van der Waals surface area (Å²) in [5.41, 5.74) is 1.51.